The van der Waals surface area contributed by atoms with Crippen molar-refractivity contribution in [2.24, 2.45) is 0 Å². The highest BCUT2D eigenvalue weighted by Gasteiger charge is 2.35. The van der Waals surface area contributed by atoms with Gasteiger partial charge in [-0.15, -0.1) is 10.2 Å². The number of nitrogens with zero attached hydrogens (tertiary/aromatic N) is 4. The maximum absolute atomic E-state index is 5.98. The lowest BCUT2D eigenvalue weighted by Gasteiger charge is -2.49. The van der Waals surface area contributed by atoms with Crippen LogP contribution in [-0.2, 0) is 6.42 Å². The average Bonchev–Trinajstić information content (AvgIpc) is 3.00. The number of nitrogen functional groups attached to an aromatic ring is 1. The number of nitrogens with one attached hydrogen (secondary N) is 1. The number of nitrogens with two attached hydrogens (primary N) is 1. The number of rotatable bonds is 4. The highest BCUT2D eigenvalue weighted by atomic mass is 35.5. The molecule has 2 aliphatic rings. The summed E-state index contributed by atoms with van der Waals surface area (Å²) in [6.45, 7) is 3.23. The van der Waals surface area contributed by atoms with Gasteiger partial charge in [0, 0.05) is 36.7 Å². The van der Waals surface area contributed by atoms with Crippen LogP contribution in [0, 0.1) is 0 Å². The van der Waals surface area contributed by atoms with Gasteiger partial charge in [-0.3, -0.25) is 9.88 Å². The summed E-state index contributed by atoms with van der Waals surface area (Å²) in [4.78, 5) is 7.95. The molecule has 1 aromatic carbocycles. The molecule has 128 valence electrons. The minimum atomic E-state index is 0.387. The summed E-state index contributed by atoms with van der Waals surface area (Å²) < 4.78 is 0. The number of anilines is 2. The molecule has 2 fully saturated rings. The highest BCUT2D eigenvalue weighted by Crippen LogP contribution is 2.30. The lowest BCUT2D eigenvalue weighted by atomic mass is 9.90. The van der Waals surface area contributed by atoms with Gasteiger partial charge in [-0.05, 0) is 43.4 Å². The van der Waals surface area contributed by atoms with E-state index in [0.717, 1.165) is 43.3 Å². The van der Waals surface area contributed by atoms with E-state index in [0.29, 0.717) is 18.0 Å². The average molecular weight is 347 g/mol. The number of piperidine rings is 1. The molecule has 0 saturated carbocycles. The van der Waals surface area contributed by atoms with Crippen molar-refractivity contribution in [3.63, 3.8) is 0 Å². The molecule has 0 bridgehead atoms. The predicted octanol–water partition coefficient (Wildman–Crippen LogP) is 2.33. The number of aromatic nitrogens is 3. The van der Waals surface area contributed by atoms with E-state index >= 15 is 0 Å². The Morgan fingerprint density at radius 2 is 1.83 bits per heavy atom. The molecule has 3 heterocycles. The summed E-state index contributed by atoms with van der Waals surface area (Å²) in [6, 6.07) is 9.62. The third-order valence-corrected chi connectivity index (χ3v) is 5.55. The Morgan fingerprint density at radius 3 is 2.42 bits per heavy atom. The molecule has 2 aromatic rings. The van der Waals surface area contributed by atoms with Gasteiger partial charge in [-0.25, -0.2) is 0 Å². The summed E-state index contributed by atoms with van der Waals surface area (Å²) in [6.07, 6.45) is 4.74. The molecule has 0 radical (unpaired) electrons. The van der Waals surface area contributed by atoms with Gasteiger partial charge in [-0.1, -0.05) is 23.7 Å². The Kier molecular flexibility index (Phi) is 4.33. The quantitative estimate of drug-likeness (QED) is 0.888. The summed E-state index contributed by atoms with van der Waals surface area (Å²) >= 11 is 5.98. The standard InChI is InChI=1S/C17H23ClN6/c18-13-3-1-12(2-4-13)11-15-7-10-24(15)14-5-8-23(9-6-14)17-20-16(19)21-22-17/h1-4,14-15H,5-11H2,(H3,19,20,21,22). The Morgan fingerprint density at radius 1 is 1.08 bits per heavy atom. The zero-order valence-corrected chi connectivity index (χ0v) is 14.4. The fourth-order valence-corrected chi connectivity index (χ4v) is 4.00. The van der Waals surface area contributed by atoms with Gasteiger partial charge >= 0.3 is 0 Å². The molecule has 24 heavy (non-hydrogen) atoms. The molecule has 7 heteroatoms. The van der Waals surface area contributed by atoms with Crippen LogP contribution in [0.15, 0.2) is 24.3 Å². The molecule has 3 N–H and O–H groups in total. The van der Waals surface area contributed by atoms with Crippen molar-refractivity contribution in [2.75, 3.05) is 30.3 Å². The van der Waals surface area contributed by atoms with Gasteiger partial charge in [0.15, 0.2) is 0 Å². The Hall–Kier alpha value is -1.79. The molecule has 1 aromatic heterocycles. The molecule has 6 nitrogen and oxygen atoms in total. The third-order valence-electron chi connectivity index (χ3n) is 5.30. The molecule has 0 amide bonds. The van der Waals surface area contributed by atoms with E-state index in [1.165, 1.54) is 18.5 Å². The first-order chi connectivity index (χ1) is 11.7. The fourth-order valence-electron chi connectivity index (χ4n) is 3.87. The number of halogens is 1. The Balaban J connectivity index is 1.31. The number of likely N-dealkylation sites (tertiary alicyclic amines) is 1. The zero-order chi connectivity index (χ0) is 16.5. The third kappa shape index (κ3) is 3.21. The van der Waals surface area contributed by atoms with E-state index in [2.05, 4.69) is 37.1 Å². The van der Waals surface area contributed by atoms with Crippen molar-refractivity contribution < 1.29 is 0 Å². The number of hydrogen-bond acceptors (Lipinski definition) is 5. The fraction of sp³-hybridized carbons (Fsp3) is 0.529. The second-order valence-corrected chi connectivity index (χ2v) is 7.20. The highest BCUT2D eigenvalue weighted by molar-refractivity contribution is 6.30. The van der Waals surface area contributed by atoms with Crippen LogP contribution in [-0.4, -0.2) is 51.8 Å². The van der Waals surface area contributed by atoms with E-state index in [1.54, 1.807) is 0 Å². The van der Waals surface area contributed by atoms with E-state index < -0.39 is 0 Å². The smallest absolute Gasteiger partial charge is 0.226 e. The monoisotopic (exact) mass is 346 g/mol. The van der Waals surface area contributed by atoms with Crippen molar-refractivity contribution in [1.82, 2.24) is 20.1 Å². The van der Waals surface area contributed by atoms with Crippen LogP contribution >= 0.6 is 11.6 Å². The van der Waals surface area contributed by atoms with Crippen molar-refractivity contribution in [3.05, 3.63) is 34.9 Å². The van der Waals surface area contributed by atoms with Crippen LogP contribution in [0.25, 0.3) is 0 Å². The number of H-pyrrole nitrogens is 1. The van der Waals surface area contributed by atoms with Crippen LogP contribution < -0.4 is 10.6 Å². The normalized spacial score (nSPS) is 22.5. The van der Waals surface area contributed by atoms with Crippen LogP contribution in [0.3, 0.4) is 0 Å². The predicted molar refractivity (Wildman–Crippen MR) is 96.3 cm³/mol. The first kappa shape index (κ1) is 15.7. The van der Waals surface area contributed by atoms with Crippen molar-refractivity contribution in [1.29, 1.82) is 0 Å². The maximum Gasteiger partial charge on any atom is 0.226 e. The molecule has 2 aliphatic heterocycles. The Labute approximate surface area is 147 Å². The molecule has 0 spiro atoms. The molecular weight excluding hydrogens is 324 g/mol. The largest absolute Gasteiger partial charge is 0.368 e. The Bertz CT molecular complexity index is 677. The summed E-state index contributed by atoms with van der Waals surface area (Å²) in [5.41, 5.74) is 7.00. The maximum atomic E-state index is 5.98. The topological polar surface area (TPSA) is 74.1 Å². The van der Waals surface area contributed by atoms with Crippen LogP contribution in [0.5, 0.6) is 0 Å². The lowest BCUT2D eigenvalue weighted by molar-refractivity contribution is 0.0299. The number of hydrogen-bond donors (Lipinski definition) is 2. The molecular formula is C17H23ClN6. The lowest BCUT2D eigenvalue weighted by Crippen LogP contribution is -2.57. The molecule has 2 saturated heterocycles. The first-order valence-corrected chi connectivity index (χ1v) is 9.00. The van der Waals surface area contributed by atoms with E-state index in [1.807, 2.05) is 12.1 Å². The molecule has 1 atom stereocenters. The van der Waals surface area contributed by atoms with Crippen molar-refractivity contribution in [3.8, 4) is 0 Å². The van der Waals surface area contributed by atoms with E-state index in [-0.39, 0.29) is 0 Å². The van der Waals surface area contributed by atoms with Gasteiger partial charge in [0.25, 0.3) is 0 Å². The van der Waals surface area contributed by atoms with E-state index in [9.17, 15) is 0 Å². The first-order valence-electron chi connectivity index (χ1n) is 8.62. The molecule has 0 aliphatic carbocycles. The zero-order valence-electron chi connectivity index (χ0n) is 13.7. The summed E-state index contributed by atoms with van der Waals surface area (Å²) in [5.74, 6) is 1.19. The van der Waals surface area contributed by atoms with Crippen LogP contribution in [0.1, 0.15) is 24.8 Å². The van der Waals surface area contributed by atoms with Gasteiger partial charge in [-0.2, -0.15) is 0 Å². The number of aromatic amines is 1. The SMILES string of the molecule is Nc1nnc(N2CCC(N3CCC3Cc3ccc(Cl)cc3)CC2)[nH]1. The minimum Gasteiger partial charge on any atom is -0.368 e. The van der Waals surface area contributed by atoms with Crippen LogP contribution in [0.4, 0.5) is 11.9 Å². The number of benzene rings is 1. The summed E-state index contributed by atoms with van der Waals surface area (Å²) in [5, 5.41) is 8.75. The minimum absolute atomic E-state index is 0.387. The van der Waals surface area contributed by atoms with Crippen molar-refractivity contribution in [2.45, 2.75) is 37.8 Å². The van der Waals surface area contributed by atoms with Gasteiger partial charge in [0.2, 0.25) is 11.9 Å². The molecule has 4 rings (SSSR count). The van der Waals surface area contributed by atoms with Crippen molar-refractivity contribution >= 4 is 23.5 Å². The second-order valence-electron chi connectivity index (χ2n) is 6.76. The van der Waals surface area contributed by atoms with E-state index in [4.69, 9.17) is 17.3 Å². The van der Waals surface area contributed by atoms with Gasteiger partial charge in [0.05, 0.1) is 0 Å². The van der Waals surface area contributed by atoms with Crippen LogP contribution in [0.2, 0.25) is 5.02 Å². The second kappa shape index (κ2) is 6.61. The molecule has 1 unspecified atom stereocenters. The van der Waals surface area contributed by atoms with Gasteiger partial charge in [0.1, 0.15) is 0 Å². The van der Waals surface area contributed by atoms with Gasteiger partial charge < -0.3 is 10.6 Å². The summed E-state index contributed by atoms with van der Waals surface area (Å²) in [7, 11) is 0.